The van der Waals surface area contributed by atoms with Crippen LogP contribution in [0.3, 0.4) is 0 Å². The number of nitrogens with zero attached hydrogens (tertiary/aromatic N) is 2. The smallest absolute Gasteiger partial charge is 0.216 e. The number of hydrogen-bond acceptors (Lipinski definition) is 3. The second kappa shape index (κ2) is 5.99. The molecule has 6 heteroatoms. The van der Waals surface area contributed by atoms with Gasteiger partial charge in [0.1, 0.15) is 0 Å². The molecular formula is C15H21N3O2S. The minimum Gasteiger partial charge on any atom is -0.272 e. The number of aryl methyl sites for hydroxylation is 3. The molecule has 0 saturated heterocycles. The Morgan fingerprint density at radius 2 is 1.86 bits per heavy atom. The van der Waals surface area contributed by atoms with Crippen molar-refractivity contribution in [1.29, 1.82) is 0 Å². The zero-order valence-electron chi connectivity index (χ0n) is 12.8. The van der Waals surface area contributed by atoms with Crippen LogP contribution >= 0.6 is 0 Å². The van der Waals surface area contributed by atoms with Gasteiger partial charge >= 0.3 is 0 Å². The molecule has 0 amide bonds. The van der Waals surface area contributed by atoms with Crippen LogP contribution in [0, 0.1) is 20.8 Å². The van der Waals surface area contributed by atoms with E-state index < -0.39 is 10.0 Å². The van der Waals surface area contributed by atoms with Gasteiger partial charge in [-0.25, -0.2) is 13.1 Å². The van der Waals surface area contributed by atoms with Gasteiger partial charge in [0.2, 0.25) is 10.0 Å². The zero-order chi connectivity index (χ0) is 15.6. The summed E-state index contributed by atoms with van der Waals surface area (Å²) in [7, 11) is -1.51. The van der Waals surface area contributed by atoms with Crippen LogP contribution in [0.25, 0.3) is 0 Å². The van der Waals surface area contributed by atoms with Crippen LogP contribution in [0.4, 0.5) is 0 Å². The van der Waals surface area contributed by atoms with Gasteiger partial charge in [0, 0.05) is 24.8 Å². The van der Waals surface area contributed by atoms with Gasteiger partial charge in [-0.2, -0.15) is 5.10 Å². The molecule has 1 aromatic heterocycles. The largest absolute Gasteiger partial charge is 0.272 e. The molecule has 0 bridgehead atoms. The van der Waals surface area contributed by atoms with Crippen LogP contribution in [0.15, 0.2) is 24.3 Å². The predicted octanol–water partition coefficient (Wildman–Crippen LogP) is 1.96. The lowest BCUT2D eigenvalue weighted by Crippen LogP contribution is -2.25. The van der Waals surface area contributed by atoms with E-state index in [-0.39, 0.29) is 12.3 Å². The Bertz CT molecular complexity index is 748. The quantitative estimate of drug-likeness (QED) is 0.918. The van der Waals surface area contributed by atoms with E-state index in [0.717, 1.165) is 28.1 Å². The fourth-order valence-electron chi connectivity index (χ4n) is 2.28. The average molecular weight is 307 g/mol. The Kier molecular flexibility index (Phi) is 4.49. The summed E-state index contributed by atoms with van der Waals surface area (Å²) < 4.78 is 28.9. The van der Waals surface area contributed by atoms with Gasteiger partial charge in [0.25, 0.3) is 0 Å². The third-order valence-corrected chi connectivity index (χ3v) is 5.01. The monoisotopic (exact) mass is 307 g/mol. The number of nitrogens with one attached hydrogen (secondary N) is 1. The van der Waals surface area contributed by atoms with Gasteiger partial charge in [-0.3, -0.25) is 4.68 Å². The summed E-state index contributed by atoms with van der Waals surface area (Å²) >= 11 is 0. The Labute approximate surface area is 126 Å². The molecular weight excluding hydrogens is 286 g/mol. The number of aromatic nitrogens is 2. The van der Waals surface area contributed by atoms with Crippen molar-refractivity contribution in [2.24, 2.45) is 7.05 Å². The third kappa shape index (κ3) is 3.71. The van der Waals surface area contributed by atoms with Gasteiger partial charge in [-0.05, 0) is 31.9 Å². The first-order chi connectivity index (χ1) is 9.80. The van der Waals surface area contributed by atoms with Crippen LogP contribution in [-0.2, 0) is 29.4 Å². The van der Waals surface area contributed by atoms with Crippen LogP contribution in [0.1, 0.15) is 28.1 Å². The average Bonchev–Trinajstić information content (AvgIpc) is 2.64. The van der Waals surface area contributed by atoms with E-state index in [9.17, 15) is 8.42 Å². The van der Waals surface area contributed by atoms with Gasteiger partial charge in [-0.1, -0.05) is 24.3 Å². The van der Waals surface area contributed by atoms with Gasteiger partial charge in [-0.15, -0.1) is 0 Å². The molecule has 1 aromatic carbocycles. The molecule has 0 fully saturated rings. The van der Waals surface area contributed by atoms with Crippen LogP contribution in [0.2, 0.25) is 0 Å². The van der Waals surface area contributed by atoms with Crippen molar-refractivity contribution in [1.82, 2.24) is 14.5 Å². The van der Waals surface area contributed by atoms with E-state index in [0.29, 0.717) is 0 Å². The van der Waals surface area contributed by atoms with Crippen LogP contribution < -0.4 is 4.72 Å². The fourth-order valence-corrected chi connectivity index (χ4v) is 3.48. The Morgan fingerprint density at radius 1 is 1.19 bits per heavy atom. The van der Waals surface area contributed by atoms with Crippen molar-refractivity contribution < 1.29 is 8.42 Å². The molecule has 5 nitrogen and oxygen atoms in total. The lowest BCUT2D eigenvalue weighted by Gasteiger charge is -2.09. The predicted molar refractivity (Wildman–Crippen MR) is 83.3 cm³/mol. The first-order valence-electron chi connectivity index (χ1n) is 6.81. The summed E-state index contributed by atoms with van der Waals surface area (Å²) in [5.41, 5.74) is 4.58. The van der Waals surface area contributed by atoms with Gasteiger partial charge < -0.3 is 0 Å². The normalized spacial score (nSPS) is 11.8. The first kappa shape index (κ1) is 15.7. The minimum absolute atomic E-state index is 0.00195. The van der Waals surface area contributed by atoms with Crippen molar-refractivity contribution in [3.05, 3.63) is 52.3 Å². The van der Waals surface area contributed by atoms with Crippen molar-refractivity contribution >= 4 is 10.0 Å². The van der Waals surface area contributed by atoms with Gasteiger partial charge in [0.05, 0.1) is 11.4 Å². The molecule has 0 saturated carbocycles. The van der Waals surface area contributed by atoms with Crippen LogP contribution in [-0.4, -0.2) is 18.2 Å². The van der Waals surface area contributed by atoms with Gasteiger partial charge in [0.15, 0.2) is 0 Å². The summed E-state index contributed by atoms with van der Waals surface area (Å²) in [5, 5.41) is 4.29. The molecule has 2 rings (SSSR count). The number of rotatable bonds is 5. The Balaban J connectivity index is 2.10. The van der Waals surface area contributed by atoms with Crippen LogP contribution in [0.5, 0.6) is 0 Å². The highest BCUT2D eigenvalue weighted by molar-refractivity contribution is 7.88. The maximum Gasteiger partial charge on any atom is 0.216 e. The maximum absolute atomic E-state index is 12.2. The fraction of sp³-hybridized carbons (Fsp3) is 0.400. The molecule has 2 aromatic rings. The van der Waals surface area contributed by atoms with E-state index in [1.165, 1.54) is 0 Å². The molecule has 0 spiro atoms. The molecule has 0 radical (unpaired) electrons. The highest BCUT2D eigenvalue weighted by Gasteiger charge is 2.16. The molecule has 0 atom stereocenters. The molecule has 0 unspecified atom stereocenters. The number of sulfonamides is 1. The summed E-state index contributed by atoms with van der Waals surface area (Å²) in [5.74, 6) is -0.00195. The SMILES string of the molecule is Cc1ccccc1CS(=O)(=O)NCc1c(C)nn(C)c1C. The van der Waals surface area contributed by atoms with Crippen molar-refractivity contribution in [3.8, 4) is 0 Å². The Morgan fingerprint density at radius 3 is 2.43 bits per heavy atom. The summed E-state index contributed by atoms with van der Waals surface area (Å²) in [6.07, 6.45) is 0. The molecule has 114 valence electrons. The topological polar surface area (TPSA) is 64.0 Å². The molecule has 21 heavy (non-hydrogen) atoms. The molecule has 0 aliphatic heterocycles. The lowest BCUT2D eigenvalue weighted by atomic mass is 10.1. The molecule has 0 aliphatic rings. The number of benzene rings is 1. The van der Waals surface area contributed by atoms with E-state index >= 15 is 0 Å². The molecule has 1 heterocycles. The molecule has 0 aliphatic carbocycles. The van der Waals surface area contributed by atoms with E-state index in [4.69, 9.17) is 0 Å². The lowest BCUT2D eigenvalue weighted by molar-refractivity contribution is 0.580. The first-order valence-corrected chi connectivity index (χ1v) is 8.46. The van der Waals surface area contributed by atoms with E-state index in [1.807, 2.05) is 52.1 Å². The van der Waals surface area contributed by atoms with E-state index in [1.54, 1.807) is 4.68 Å². The van der Waals surface area contributed by atoms with Crippen molar-refractivity contribution in [3.63, 3.8) is 0 Å². The van der Waals surface area contributed by atoms with E-state index in [2.05, 4.69) is 9.82 Å². The zero-order valence-corrected chi connectivity index (χ0v) is 13.7. The molecule has 1 N–H and O–H groups in total. The summed E-state index contributed by atoms with van der Waals surface area (Å²) in [6, 6.07) is 7.52. The summed E-state index contributed by atoms with van der Waals surface area (Å²) in [6.45, 7) is 6.02. The highest BCUT2D eigenvalue weighted by atomic mass is 32.2. The van der Waals surface area contributed by atoms with Crippen molar-refractivity contribution in [2.75, 3.05) is 0 Å². The highest BCUT2D eigenvalue weighted by Crippen LogP contribution is 2.14. The summed E-state index contributed by atoms with van der Waals surface area (Å²) in [4.78, 5) is 0. The Hall–Kier alpha value is -1.66. The standard InChI is InChI=1S/C15H21N3O2S/c1-11-7-5-6-8-14(11)10-21(19,20)16-9-15-12(2)17-18(4)13(15)3/h5-8,16H,9-10H2,1-4H3. The third-order valence-electron chi connectivity index (χ3n) is 3.73. The number of hydrogen-bond donors (Lipinski definition) is 1. The second-order valence-corrected chi connectivity index (χ2v) is 7.09. The van der Waals surface area contributed by atoms with Crippen molar-refractivity contribution in [2.45, 2.75) is 33.1 Å². The second-order valence-electron chi connectivity index (χ2n) is 5.28. The maximum atomic E-state index is 12.2. The minimum atomic E-state index is -3.37.